The van der Waals surface area contributed by atoms with E-state index in [9.17, 15) is 14.0 Å². The fourth-order valence-corrected chi connectivity index (χ4v) is 4.46. The zero-order valence-corrected chi connectivity index (χ0v) is 20.3. The minimum atomic E-state index is -0.475. The second-order valence-electron chi connectivity index (χ2n) is 8.78. The summed E-state index contributed by atoms with van der Waals surface area (Å²) in [6.07, 6.45) is 5.15. The Kier molecular flexibility index (Phi) is 8.23. The second-order valence-corrected chi connectivity index (χ2v) is 8.78. The highest BCUT2D eigenvalue weighted by atomic mass is 19.1. The minimum absolute atomic E-state index is 0.128. The maximum atomic E-state index is 14.0. The monoisotopic (exact) mass is 487 g/mol. The van der Waals surface area contributed by atoms with Crippen LogP contribution in [0.15, 0.2) is 82.3 Å². The molecule has 0 aliphatic carbocycles. The van der Waals surface area contributed by atoms with Gasteiger partial charge in [0, 0.05) is 55.0 Å². The lowest BCUT2D eigenvalue weighted by molar-refractivity contribution is 0.0665. The third-order valence-corrected chi connectivity index (χ3v) is 6.38. The van der Waals surface area contributed by atoms with E-state index in [0.29, 0.717) is 61.0 Å². The third kappa shape index (κ3) is 5.69. The molecule has 4 aromatic rings. The van der Waals surface area contributed by atoms with Crippen LogP contribution < -0.4 is 11.2 Å². The molecule has 2 N–H and O–H groups in total. The number of hydrogen-bond donors (Lipinski definition) is 1. The average Bonchev–Trinajstić information content (AvgIpc) is 2.91. The fraction of sp³-hybridized carbons (Fsp3) is 0.276. The highest BCUT2D eigenvalue weighted by Gasteiger charge is 2.26. The third-order valence-electron chi connectivity index (χ3n) is 6.38. The van der Waals surface area contributed by atoms with E-state index >= 15 is 0 Å². The van der Waals surface area contributed by atoms with Crippen LogP contribution in [0.2, 0.25) is 0 Å². The van der Waals surface area contributed by atoms with E-state index in [-0.39, 0.29) is 23.0 Å². The van der Waals surface area contributed by atoms with Crippen molar-refractivity contribution in [3.63, 3.8) is 0 Å². The van der Waals surface area contributed by atoms with Gasteiger partial charge in [0.1, 0.15) is 17.2 Å². The van der Waals surface area contributed by atoms with Gasteiger partial charge < -0.3 is 15.1 Å². The predicted molar refractivity (Wildman–Crippen MR) is 138 cm³/mol. The Hall–Kier alpha value is -3.84. The lowest BCUT2D eigenvalue weighted by Gasteiger charge is -2.31. The van der Waals surface area contributed by atoms with Crippen LogP contribution in [-0.2, 0) is 12.8 Å². The van der Waals surface area contributed by atoms with Gasteiger partial charge in [0.25, 0.3) is 5.91 Å². The van der Waals surface area contributed by atoms with E-state index in [1.54, 1.807) is 29.4 Å². The fourth-order valence-electron chi connectivity index (χ4n) is 4.46. The van der Waals surface area contributed by atoms with Crippen molar-refractivity contribution < 1.29 is 13.6 Å². The van der Waals surface area contributed by atoms with Crippen LogP contribution in [0.4, 0.5) is 4.39 Å². The van der Waals surface area contributed by atoms with E-state index in [2.05, 4.69) is 4.98 Å². The topological polar surface area (TPSA) is 89.4 Å². The standard InChI is InChI=1S/C29H30FN3O3/c1-2-23(33(16-6-13-31)29(35)21-11-14-32-15-12-21)19-27-25(17-20-7-4-3-5-8-20)28(34)24-10-9-22(30)18-26(24)36-27/h3-5,7-12,14-15,18,23H,2,6,13,16-17,19,31H2,1H3. The van der Waals surface area contributed by atoms with Gasteiger partial charge in [-0.25, -0.2) is 4.39 Å². The Morgan fingerprint density at radius 3 is 2.56 bits per heavy atom. The number of fused-ring (bicyclic) bond motifs is 1. The van der Waals surface area contributed by atoms with E-state index in [4.69, 9.17) is 10.2 Å². The van der Waals surface area contributed by atoms with Crippen LogP contribution >= 0.6 is 0 Å². The zero-order chi connectivity index (χ0) is 25.5. The molecule has 0 spiro atoms. The molecule has 7 heteroatoms. The summed E-state index contributed by atoms with van der Waals surface area (Å²) in [5, 5.41) is 0.340. The summed E-state index contributed by atoms with van der Waals surface area (Å²) in [5.41, 5.74) is 7.82. The second kappa shape index (κ2) is 11.7. The number of nitrogens with zero attached hydrogens (tertiary/aromatic N) is 2. The molecule has 1 amide bonds. The molecule has 4 rings (SSSR count). The Bertz CT molecular complexity index is 1370. The number of pyridine rings is 1. The SMILES string of the molecule is CCC(Cc1oc2cc(F)ccc2c(=O)c1Cc1ccccc1)N(CCCN)C(=O)c1ccncc1. The zero-order valence-electron chi connectivity index (χ0n) is 20.3. The van der Waals surface area contributed by atoms with Gasteiger partial charge in [-0.1, -0.05) is 37.3 Å². The van der Waals surface area contributed by atoms with Gasteiger partial charge in [0.2, 0.25) is 0 Å². The first-order valence-corrected chi connectivity index (χ1v) is 12.2. The van der Waals surface area contributed by atoms with Gasteiger partial charge in [-0.2, -0.15) is 0 Å². The van der Waals surface area contributed by atoms with Crippen LogP contribution in [0.25, 0.3) is 11.0 Å². The van der Waals surface area contributed by atoms with E-state index < -0.39 is 5.82 Å². The largest absolute Gasteiger partial charge is 0.460 e. The van der Waals surface area contributed by atoms with Gasteiger partial charge in [-0.15, -0.1) is 0 Å². The van der Waals surface area contributed by atoms with Crippen molar-refractivity contribution in [2.75, 3.05) is 13.1 Å². The Morgan fingerprint density at radius 2 is 1.86 bits per heavy atom. The molecule has 36 heavy (non-hydrogen) atoms. The molecule has 0 aliphatic heterocycles. The number of benzene rings is 2. The molecule has 0 radical (unpaired) electrons. The molecule has 0 saturated carbocycles. The summed E-state index contributed by atoms with van der Waals surface area (Å²) < 4.78 is 20.2. The van der Waals surface area contributed by atoms with Crippen molar-refractivity contribution in [2.45, 2.75) is 38.6 Å². The lowest BCUT2D eigenvalue weighted by atomic mass is 9.97. The number of rotatable bonds is 10. The molecule has 0 aliphatic rings. The summed E-state index contributed by atoms with van der Waals surface area (Å²) >= 11 is 0. The first kappa shape index (κ1) is 25.3. The molecule has 2 heterocycles. The summed E-state index contributed by atoms with van der Waals surface area (Å²) in [7, 11) is 0. The normalized spacial score (nSPS) is 12.0. The van der Waals surface area contributed by atoms with Crippen LogP contribution in [-0.4, -0.2) is 34.9 Å². The van der Waals surface area contributed by atoms with Crippen molar-refractivity contribution in [1.82, 2.24) is 9.88 Å². The number of halogens is 1. The molecular weight excluding hydrogens is 457 g/mol. The Balaban J connectivity index is 1.77. The van der Waals surface area contributed by atoms with E-state index in [1.807, 2.05) is 37.3 Å². The number of amides is 1. The molecule has 6 nitrogen and oxygen atoms in total. The first-order chi connectivity index (χ1) is 17.5. The summed E-state index contributed by atoms with van der Waals surface area (Å²) in [6.45, 7) is 2.91. The number of carbonyl (C=O) groups is 1. The van der Waals surface area contributed by atoms with Crippen molar-refractivity contribution >= 4 is 16.9 Å². The van der Waals surface area contributed by atoms with Gasteiger partial charge in [0.15, 0.2) is 5.43 Å². The van der Waals surface area contributed by atoms with Crippen LogP contribution in [0.1, 0.15) is 47.0 Å². The minimum Gasteiger partial charge on any atom is -0.460 e. The van der Waals surface area contributed by atoms with E-state index in [0.717, 1.165) is 5.56 Å². The molecular formula is C29H30FN3O3. The molecule has 1 unspecified atom stereocenters. The summed E-state index contributed by atoms with van der Waals surface area (Å²) in [5.74, 6) is -0.137. The smallest absolute Gasteiger partial charge is 0.254 e. The lowest BCUT2D eigenvalue weighted by Crippen LogP contribution is -2.43. The van der Waals surface area contributed by atoms with Crippen molar-refractivity contribution in [1.29, 1.82) is 0 Å². The Labute approximate surface area is 209 Å². The van der Waals surface area contributed by atoms with Crippen LogP contribution in [0.5, 0.6) is 0 Å². The molecule has 2 aromatic carbocycles. The Morgan fingerprint density at radius 1 is 1.11 bits per heavy atom. The van der Waals surface area contributed by atoms with Gasteiger partial charge in [-0.3, -0.25) is 14.6 Å². The van der Waals surface area contributed by atoms with Gasteiger partial charge in [0.05, 0.1) is 5.39 Å². The number of nitrogens with two attached hydrogens (primary N) is 1. The van der Waals surface area contributed by atoms with E-state index in [1.165, 1.54) is 18.2 Å². The van der Waals surface area contributed by atoms with Crippen molar-refractivity contribution in [3.8, 4) is 0 Å². The van der Waals surface area contributed by atoms with Crippen molar-refractivity contribution in [2.24, 2.45) is 5.73 Å². The predicted octanol–water partition coefficient (Wildman–Crippen LogP) is 4.73. The molecule has 0 bridgehead atoms. The van der Waals surface area contributed by atoms with Crippen LogP contribution in [0, 0.1) is 5.82 Å². The highest BCUT2D eigenvalue weighted by Crippen LogP contribution is 2.23. The summed E-state index contributed by atoms with van der Waals surface area (Å²) in [6, 6.07) is 16.8. The molecule has 0 saturated heterocycles. The summed E-state index contributed by atoms with van der Waals surface area (Å²) in [4.78, 5) is 32.8. The van der Waals surface area contributed by atoms with Gasteiger partial charge in [-0.05, 0) is 49.2 Å². The highest BCUT2D eigenvalue weighted by molar-refractivity contribution is 5.94. The first-order valence-electron chi connectivity index (χ1n) is 12.2. The molecule has 0 fully saturated rings. The quantitative estimate of drug-likeness (QED) is 0.349. The number of aromatic nitrogens is 1. The van der Waals surface area contributed by atoms with Crippen molar-refractivity contribution in [3.05, 3.63) is 112 Å². The molecule has 186 valence electrons. The number of carbonyl (C=O) groups excluding carboxylic acids is 1. The maximum Gasteiger partial charge on any atom is 0.254 e. The average molecular weight is 488 g/mol. The van der Waals surface area contributed by atoms with Crippen LogP contribution in [0.3, 0.4) is 0 Å². The molecule has 1 atom stereocenters. The number of hydrogen-bond acceptors (Lipinski definition) is 5. The maximum absolute atomic E-state index is 14.0. The van der Waals surface area contributed by atoms with Gasteiger partial charge >= 0.3 is 0 Å². The molecule has 2 aromatic heterocycles.